The van der Waals surface area contributed by atoms with Crippen LogP contribution in [0, 0.1) is 12.8 Å². The molecule has 0 aliphatic carbocycles. The highest BCUT2D eigenvalue weighted by Gasteiger charge is 2.24. The van der Waals surface area contributed by atoms with Crippen LogP contribution in [0.5, 0.6) is 0 Å². The van der Waals surface area contributed by atoms with Crippen molar-refractivity contribution in [1.82, 2.24) is 9.88 Å². The number of carboxylic acids is 1. The quantitative estimate of drug-likeness (QED) is 0.878. The standard InChI is InChI=1S/C17H21N3O2S/c1-12-2-4-14(5-3-12)18-17-19-15(11-23-17)10-20-8-6-13(7-9-20)16(21)22/h2-5,11,13H,6-10H2,1H3,(H,18,19)(H,21,22). The molecule has 1 saturated heterocycles. The summed E-state index contributed by atoms with van der Waals surface area (Å²) >= 11 is 1.60. The van der Waals surface area contributed by atoms with E-state index in [1.54, 1.807) is 11.3 Å². The van der Waals surface area contributed by atoms with Gasteiger partial charge in [-0.05, 0) is 45.0 Å². The van der Waals surface area contributed by atoms with Crippen LogP contribution in [0.15, 0.2) is 29.6 Å². The van der Waals surface area contributed by atoms with Crippen molar-refractivity contribution in [2.75, 3.05) is 18.4 Å². The van der Waals surface area contributed by atoms with Crippen LogP contribution in [0.3, 0.4) is 0 Å². The van der Waals surface area contributed by atoms with Gasteiger partial charge in [-0.25, -0.2) is 4.98 Å². The molecule has 23 heavy (non-hydrogen) atoms. The van der Waals surface area contributed by atoms with Crippen LogP contribution in [0.25, 0.3) is 0 Å². The van der Waals surface area contributed by atoms with Crippen molar-refractivity contribution in [1.29, 1.82) is 0 Å². The second-order valence-corrected chi connectivity index (χ2v) is 6.88. The number of aliphatic carboxylic acids is 1. The number of benzene rings is 1. The molecule has 0 saturated carbocycles. The summed E-state index contributed by atoms with van der Waals surface area (Å²) < 4.78 is 0. The molecular weight excluding hydrogens is 310 g/mol. The van der Waals surface area contributed by atoms with E-state index >= 15 is 0 Å². The second-order valence-electron chi connectivity index (χ2n) is 6.02. The number of nitrogens with zero attached hydrogens (tertiary/aromatic N) is 2. The number of carbonyl (C=O) groups is 1. The number of thiazole rings is 1. The first kappa shape index (κ1) is 16.0. The van der Waals surface area contributed by atoms with Crippen molar-refractivity contribution >= 4 is 28.1 Å². The van der Waals surface area contributed by atoms with Crippen molar-refractivity contribution in [3.63, 3.8) is 0 Å². The first-order valence-corrected chi connectivity index (χ1v) is 8.71. The zero-order valence-electron chi connectivity index (χ0n) is 13.2. The van der Waals surface area contributed by atoms with Crippen molar-refractivity contribution in [2.24, 2.45) is 5.92 Å². The van der Waals surface area contributed by atoms with Crippen LogP contribution < -0.4 is 5.32 Å². The van der Waals surface area contributed by atoms with E-state index < -0.39 is 5.97 Å². The van der Waals surface area contributed by atoms with Gasteiger partial charge in [-0.2, -0.15) is 0 Å². The fourth-order valence-electron chi connectivity index (χ4n) is 2.76. The van der Waals surface area contributed by atoms with Gasteiger partial charge in [-0.15, -0.1) is 11.3 Å². The number of aromatic nitrogens is 1. The van der Waals surface area contributed by atoms with E-state index in [1.165, 1.54) is 5.56 Å². The van der Waals surface area contributed by atoms with Crippen molar-refractivity contribution in [3.05, 3.63) is 40.9 Å². The topological polar surface area (TPSA) is 65.5 Å². The summed E-state index contributed by atoms with van der Waals surface area (Å²) in [6.07, 6.45) is 1.46. The lowest BCUT2D eigenvalue weighted by Crippen LogP contribution is -2.35. The SMILES string of the molecule is Cc1ccc(Nc2nc(CN3CCC(C(=O)O)CC3)cs2)cc1. The Morgan fingerprint density at radius 3 is 2.70 bits per heavy atom. The minimum atomic E-state index is -0.664. The third-order valence-electron chi connectivity index (χ3n) is 4.18. The molecule has 0 atom stereocenters. The van der Waals surface area contributed by atoms with Crippen molar-refractivity contribution in [3.8, 4) is 0 Å². The maximum absolute atomic E-state index is 11.0. The average Bonchev–Trinajstić information content (AvgIpc) is 2.97. The smallest absolute Gasteiger partial charge is 0.306 e. The molecule has 0 radical (unpaired) electrons. The van der Waals surface area contributed by atoms with Crippen molar-refractivity contribution < 1.29 is 9.90 Å². The number of aryl methyl sites for hydroxylation is 1. The first-order valence-electron chi connectivity index (χ1n) is 7.83. The molecule has 122 valence electrons. The molecule has 0 unspecified atom stereocenters. The van der Waals surface area contributed by atoms with Gasteiger partial charge in [0.15, 0.2) is 5.13 Å². The second kappa shape index (κ2) is 7.10. The largest absolute Gasteiger partial charge is 0.481 e. The predicted molar refractivity (Wildman–Crippen MR) is 92.2 cm³/mol. The number of piperidine rings is 1. The van der Waals surface area contributed by atoms with E-state index in [-0.39, 0.29) is 5.92 Å². The van der Waals surface area contributed by atoms with E-state index in [9.17, 15) is 4.79 Å². The Morgan fingerprint density at radius 1 is 1.35 bits per heavy atom. The highest BCUT2D eigenvalue weighted by Crippen LogP contribution is 2.24. The van der Waals surface area contributed by atoms with Gasteiger partial charge in [-0.3, -0.25) is 9.69 Å². The summed E-state index contributed by atoms with van der Waals surface area (Å²) in [7, 11) is 0. The molecule has 1 aliphatic rings. The molecule has 3 rings (SSSR count). The highest BCUT2D eigenvalue weighted by atomic mass is 32.1. The zero-order valence-corrected chi connectivity index (χ0v) is 14.0. The van der Waals surface area contributed by atoms with E-state index in [2.05, 4.69) is 39.6 Å². The summed E-state index contributed by atoms with van der Waals surface area (Å²) in [5.41, 5.74) is 3.32. The molecule has 1 aromatic heterocycles. The maximum atomic E-state index is 11.0. The Labute approximate surface area is 140 Å². The van der Waals surface area contributed by atoms with Gasteiger partial charge in [0.05, 0.1) is 11.6 Å². The van der Waals surface area contributed by atoms with Gasteiger partial charge in [0.2, 0.25) is 0 Å². The number of hydrogen-bond acceptors (Lipinski definition) is 5. The molecule has 2 aromatic rings. The van der Waals surface area contributed by atoms with Crippen LogP contribution in [0.2, 0.25) is 0 Å². The van der Waals surface area contributed by atoms with Gasteiger partial charge in [0, 0.05) is 17.6 Å². The summed E-state index contributed by atoms with van der Waals surface area (Å²) in [6, 6.07) is 8.24. The fraction of sp³-hybridized carbons (Fsp3) is 0.412. The molecule has 1 aromatic carbocycles. The first-order chi connectivity index (χ1) is 11.1. The molecule has 1 fully saturated rings. The third-order valence-corrected chi connectivity index (χ3v) is 4.98. The van der Waals surface area contributed by atoms with E-state index in [1.807, 2.05) is 12.1 Å². The summed E-state index contributed by atoms with van der Waals surface area (Å²) in [6.45, 7) is 4.52. The summed E-state index contributed by atoms with van der Waals surface area (Å²) in [4.78, 5) is 17.9. The lowest BCUT2D eigenvalue weighted by Gasteiger charge is -2.29. The number of anilines is 2. The molecule has 6 heteroatoms. The van der Waals surface area contributed by atoms with Crippen LogP contribution in [0.1, 0.15) is 24.1 Å². The Morgan fingerprint density at radius 2 is 2.04 bits per heavy atom. The molecule has 0 amide bonds. The molecule has 1 aliphatic heterocycles. The van der Waals surface area contributed by atoms with Gasteiger partial charge in [0.1, 0.15) is 0 Å². The van der Waals surface area contributed by atoms with Crippen LogP contribution >= 0.6 is 11.3 Å². The summed E-state index contributed by atoms with van der Waals surface area (Å²) in [5, 5.41) is 15.3. The molecule has 2 heterocycles. The Balaban J connectivity index is 1.53. The van der Waals surface area contributed by atoms with E-state index in [0.717, 1.165) is 49.0 Å². The predicted octanol–water partition coefficient (Wildman–Crippen LogP) is 3.49. The van der Waals surface area contributed by atoms with Gasteiger partial charge >= 0.3 is 5.97 Å². The molecule has 0 spiro atoms. The Hall–Kier alpha value is -1.92. The fourth-order valence-corrected chi connectivity index (χ4v) is 3.49. The lowest BCUT2D eigenvalue weighted by molar-refractivity contribution is -0.143. The Kier molecular flexibility index (Phi) is 4.93. The molecule has 5 nitrogen and oxygen atoms in total. The van der Waals surface area contributed by atoms with Gasteiger partial charge in [0.25, 0.3) is 0 Å². The highest BCUT2D eigenvalue weighted by molar-refractivity contribution is 7.13. The zero-order chi connectivity index (χ0) is 16.2. The van der Waals surface area contributed by atoms with Gasteiger partial charge in [-0.1, -0.05) is 17.7 Å². The van der Waals surface area contributed by atoms with E-state index in [0.29, 0.717) is 0 Å². The number of nitrogens with one attached hydrogen (secondary N) is 1. The molecule has 0 bridgehead atoms. The van der Waals surface area contributed by atoms with Crippen LogP contribution in [0.4, 0.5) is 10.8 Å². The monoisotopic (exact) mass is 331 g/mol. The minimum Gasteiger partial charge on any atom is -0.481 e. The van der Waals surface area contributed by atoms with Crippen LogP contribution in [-0.2, 0) is 11.3 Å². The minimum absolute atomic E-state index is 0.180. The molecule has 2 N–H and O–H groups in total. The average molecular weight is 331 g/mol. The maximum Gasteiger partial charge on any atom is 0.306 e. The van der Waals surface area contributed by atoms with Crippen LogP contribution in [-0.4, -0.2) is 34.0 Å². The van der Waals surface area contributed by atoms with Gasteiger partial charge < -0.3 is 10.4 Å². The van der Waals surface area contributed by atoms with Crippen molar-refractivity contribution in [2.45, 2.75) is 26.3 Å². The number of likely N-dealkylation sites (tertiary alicyclic amines) is 1. The molecular formula is C17H21N3O2S. The summed E-state index contributed by atoms with van der Waals surface area (Å²) in [5.74, 6) is -0.844. The number of rotatable bonds is 5. The lowest BCUT2D eigenvalue weighted by atomic mass is 9.97. The number of hydrogen-bond donors (Lipinski definition) is 2. The normalized spacial score (nSPS) is 16.4. The third kappa shape index (κ3) is 4.30. The number of carboxylic acid groups (broad SMARTS) is 1. The Bertz CT molecular complexity index is 661. The van der Waals surface area contributed by atoms with E-state index in [4.69, 9.17) is 5.11 Å².